The highest BCUT2D eigenvalue weighted by Gasteiger charge is 2.26. The Morgan fingerprint density at radius 2 is 2.12 bits per heavy atom. The first-order chi connectivity index (χ1) is 11.3. The third-order valence-corrected chi connectivity index (χ3v) is 4.28. The van der Waals surface area contributed by atoms with E-state index in [4.69, 9.17) is 17.3 Å². The number of nitrogens with one attached hydrogen (secondary N) is 1. The van der Waals surface area contributed by atoms with Crippen molar-refractivity contribution in [2.45, 2.75) is 39.3 Å². The van der Waals surface area contributed by atoms with Gasteiger partial charge in [0.25, 0.3) is 5.91 Å². The number of amides is 1. The van der Waals surface area contributed by atoms with Gasteiger partial charge in [-0.25, -0.2) is 0 Å². The van der Waals surface area contributed by atoms with Crippen LogP contribution in [0, 0.1) is 5.92 Å². The second-order valence-electron chi connectivity index (χ2n) is 6.83. The first-order valence-electron chi connectivity index (χ1n) is 8.11. The van der Waals surface area contributed by atoms with Crippen LogP contribution in [0.15, 0.2) is 36.7 Å². The lowest BCUT2D eigenvalue weighted by Crippen LogP contribution is -2.52. The minimum atomic E-state index is -0.421. The largest absolute Gasteiger partial charge is 0.346 e. The van der Waals surface area contributed by atoms with Gasteiger partial charge in [0, 0.05) is 23.3 Å². The molecule has 0 radical (unpaired) electrons. The number of hydrogen-bond donors (Lipinski definition) is 2. The van der Waals surface area contributed by atoms with E-state index in [9.17, 15) is 4.79 Å². The number of nitrogens with two attached hydrogens (primary N) is 1. The van der Waals surface area contributed by atoms with Crippen LogP contribution in [0.3, 0.4) is 0 Å². The van der Waals surface area contributed by atoms with E-state index in [-0.39, 0.29) is 5.91 Å². The quantitative estimate of drug-likeness (QED) is 0.807. The Morgan fingerprint density at radius 1 is 1.42 bits per heavy atom. The zero-order valence-electron chi connectivity index (χ0n) is 14.4. The lowest BCUT2D eigenvalue weighted by Gasteiger charge is -2.31. The van der Waals surface area contributed by atoms with Crippen LogP contribution in [0.2, 0.25) is 5.02 Å². The van der Waals surface area contributed by atoms with E-state index >= 15 is 0 Å². The van der Waals surface area contributed by atoms with Gasteiger partial charge in [0.1, 0.15) is 0 Å². The number of carbonyl (C=O) groups is 1. The summed E-state index contributed by atoms with van der Waals surface area (Å²) in [5, 5.41) is 7.98. The van der Waals surface area contributed by atoms with Crippen molar-refractivity contribution in [3.05, 3.63) is 52.8 Å². The summed E-state index contributed by atoms with van der Waals surface area (Å²) in [6.07, 6.45) is 4.12. The van der Waals surface area contributed by atoms with Gasteiger partial charge in [-0.05, 0) is 30.9 Å². The molecule has 0 aliphatic rings. The topological polar surface area (TPSA) is 72.9 Å². The molecule has 0 aliphatic heterocycles. The van der Waals surface area contributed by atoms with Crippen molar-refractivity contribution in [1.82, 2.24) is 15.1 Å². The highest BCUT2D eigenvalue weighted by atomic mass is 35.5. The molecule has 0 spiro atoms. The summed E-state index contributed by atoms with van der Waals surface area (Å²) in [4.78, 5) is 12.5. The monoisotopic (exact) mass is 348 g/mol. The molecule has 1 aromatic carbocycles. The second-order valence-corrected chi connectivity index (χ2v) is 7.24. The molecule has 1 aromatic heterocycles. The fraction of sp³-hybridized carbons (Fsp3) is 0.444. The maximum Gasteiger partial charge on any atom is 0.254 e. The predicted octanol–water partition coefficient (Wildman–Crippen LogP) is 3.08. The number of halogens is 1. The molecule has 0 aliphatic carbocycles. The highest BCUT2D eigenvalue weighted by molar-refractivity contribution is 6.31. The van der Waals surface area contributed by atoms with Gasteiger partial charge in [-0.15, -0.1) is 0 Å². The summed E-state index contributed by atoms with van der Waals surface area (Å²) >= 11 is 6.16. The van der Waals surface area contributed by atoms with E-state index in [0.717, 1.165) is 12.0 Å². The molecule has 2 aromatic rings. The SMILES string of the molecule is CC(C)CC(C)(CN)NC(=O)c1cnn(Cc2ccccc2Cl)c1. The molecule has 0 fully saturated rings. The third-order valence-electron chi connectivity index (χ3n) is 3.91. The molecule has 3 N–H and O–H groups in total. The lowest BCUT2D eigenvalue weighted by molar-refractivity contribution is 0.0898. The minimum absolute atomic E-state index is 0.158. The van der Waals surface area contributed by atoms with Crippen molar-refractivity contribution in [3.8, 4) is 0 Å². The normalized spacial score (nSPS) is 13.8. The van der Waals surface area contributed by atoms with E-state index in [1.54, 1.807) is 17.1 Å². The Bertz CT molecular complexity index is 698. The van der Waals surface area contributed by atoms with Crippen LogP contribution < -0.4 is 11.1 Å². The molecule has 0 saturated carbocycles. The van der Waals surface area contributed by atoms with Gasteiger partial charge in [0.2, 0.25) is 0 Å². The average molecular weight is 349 g/mol. The Labute approximate surface area is 148 Å². The van der Waals surface area contributed by atoms with Crippen molar-refractivity contribution in [2.24, 2.45) is 11.7 Å². The van der Waals surface area contributed by atoms with Crippen LogP contribution in [0.25, 0.3) is 0 Å². The first kappa shape index (κ1) is 18.5. The summed E-state index contributed by atoms with van der Waals surface area (Å²) in [5.41, 5.74) is 6.91. The zero-order chi connectivity index (χ0) is 17.7. The van der Waals surface area contributed by atoms with Gasteiger partial charge < -0.3 is 11.1 Å². The van der Waals surface area contributed by atoms with Gasteiger partial charge in [-0.1, -0.05) is 43.6 Å². The molecular weight excluding hydrogens is 324 g/mol. The van der Waals surface area contributed by atoms with Crippen LogP contribution in [0.1, 0.15) is 43.1 Å². The summed E-state index contributed by atoms with van der Waals surface area (Å²) in [6.45, 7) is 7.11. The van der Waals surface area contributed by atoms with Crippen LogP contribution >= 0.6 is 11.6 Å². The molecule has 5 nitrogen and oxygen atoms in total. The van der Waals surface area contributed by atoms with E-state index in [1.165, 1.54) is 0 Å². The van der Waals surface area contributed by atoms with Crippen molar-refractivity contribution >= 4 is 17.5 Å². The molecular formula is C18H25ClN4O. The van der Waals surface area contributed by atoms with E-state index in [2.05, 4.69) is 24.3 Å². The van der Waals surface area contributed by atoms with Gasteiger partial charge >= 0.3 is 0 Å². The average Bonchev–Trinajstić information content (AvgIpc) is 2.97. The van der Waals surface area contributed by atoms with E-state index < -0.39 is 5.54 Å². The van der Waals surface area contributed by atoms with E-state index in [1.807, 2.05) is 31.2 Å². The third kappa shape index (κ3) is 4.82. The molecule has 0 saturated heterocycles. The molecule has 2 rings (SSSR count). The van der Waals surface area contributed by atoms with Crippen LogP contribution in [-0.2, 0) is 6.54 Å². The standard InChI is InChI=1S/C18H25ClN4O/c1-13(2)8-18(3,12-20)22-17(24)15-9-21-23(11-15)10-14-6-4-5-7-16(14)19/h4-7,9,11,13H,8,10,12,20H2,1-3H3,(H,22,24). The minimum Gasteiger partial charge on any atom is -0.346 e. The molecule has 1 amide bonds. The molecule has 24 heavy (non-hydrogen) atoms. The Morgan fingerprint density at radius 3 is 2.75 bits per heavy atom. The summed E-state index contributed by atoms with van der Waals surface area (Å²) in [5.74, 6) is 0.288. The molecule has 130 valence electrons. The van der Waals surface area contributed by atoms with Crippen LogP contribution in [0.5, 0.6) is 0 Å². The van der Waals surface area contributed by atoms with Crippen molar-refractivity contribution in [3.63, 3.8) is 0 Å². The van der Waals surface area contributed by atoms with Crippen molar-refractivity contribution in [1.29, 1.82) is 0 Å². The molecule has 1 heterocycles. The Hall–Kier alpha value is -1.85. The zero-order valence-corrected chi connectivity index (χ0v) is 15.2. The predicted molar refractivity (Wildman–Crippen MR) is 97.2 cm³/mol. The van der Waals surface area contributed by atoms with Crippen LogP contribution in [0.4, 0.5) is 0 Å². The molecule has 6 heteroatoms. The number of hydrogen-bond acceptors (Lipinski definition) is 3. The fourth-order valence-electron chi connectivity index (χ4n) is 2.80. The van der Waals surface area contributed by atoms with Crippen molar-refractivity contribution in [2.75, 3.05) is 6.54 Å². The molecule has 1 unspecified atom stereocenters. The Balaban J connectivity index is 2.07. The molecule has 1 atom stereocenters. The summed E-state index contributed by atoms with van der Waals surface area (Å²) < 4.78 is 1.71. The lowest BCUT2D eigenvalue weighted by atomic mass is 9.90. The van der Waals surface area contributed by atoms with Gasteiger partial charge in [0.15, 0.2) is 0 Å². The second kappa shape index (κ2) is 7.81. The molecule has 0 bridgehead atoms. The van der Waals surface area contributed by atoms with E-state index in [0.29, 0.717) is 29.6 Å². The van der Waals surface area contributed by atoms with Gasteiger partial charge in [-0.3, -0.25) is 9.48 Å². The maximum atomic E-state index is 12.5. The van der Waals surface area contributed by atoms with Gasteiger partial charge in [-0.2, -0.15) is 5.10 Å². The fourth-order valence-corrected chi connectivity index (χ4v) is 3.00. The highest BCUT2D eigenvalue weighted by Crippen LogP contribution is 2.18. The number of rotatable bonds is 7. The number of aromatic nitrogens is 2. The number of nitrogens with zero attached hydrogens (tertiary/aromatic N) is 2. The summed E-state index contributed by atoms with van der Waals surface area (Å²) in [7, 11) is 0. The number of benzene rings is 1. The number of carbonyl (C=O) groups excluding carboxylic acids is 1. The van der Waals surface area contributed by atoms with Crippen LogP contribution in [-0.4, -0.2) is 27.8 Å². The van der Waals surface area contributed by atoms with Gasteiger partial charge in [0.05, 0.1) is 18.3 Å². The van der Waals surface area contributed by atoms with Crippen molar-refractivity contribution < 1.29 is 4.79 Å². The smallest absolute Gasteiger partial charge is 0.254 e. The first-order valence-corrected chi connectivity index (χ1v) is 8.49. The summed E-state index contributed by atoms with van der Waals surface area (Å²) in [6, 6.07) is 7.59. The Kier molecular flexibility index (Phi) is 6.02. The maximum absolute atomic E-state index is 12.5.